The molecule has 1 amide bonds. The summed E-state index contributed by atoms with van der Waals surface area (Å²) in [4.78, 5) is 24.6. The number of aliphatic carboxylic acids is 1. The molecule has 1 unspecified atom stereocenters. The maximum atomic E-state index is 15.6. The Morgan fingerprint density at radius 1 is 1.06 bits per heavy atom. The minimum Gasteiger partial charge on any atom is -0.496 e. The average molecular weight is 777 g/mol. The number of hydrogen-bond donors (Lipinski definition) is 5. The molecule has 0 spiro atoms. The van der Waals surface area contributed by atoms with Crippen LogP contribution in [0.3, 0.4) is 0 Å². The number of anilines is 1. The Morgan fingerprint density at radius 2 is 1.78 bits per heavy atom. The summed E-state index contributed by atoms with van der Waals surface area (Å²) in [7, 11) is 4.97. The standard InChI is InChI=1S/C41H44Cl2FN5O5/c1-24(41(51)52)13-14-49(2)23-27-15-34(42)26(18-37(27)53-3)20-47-36-10-6-8-30(32(36)19-45)31-9-5-7-29(40(31)43)25-16-35(44)33(38(17-25)54-4)22-46-21-28-11-12-39(50)48-28/h5-10,15-19,28,45-47H,1,11-14,20-23H2,2-4H3,(H,48,50)(H,51,52). The number of benzene rings is 4. The number of halogens is 3. The summed E-state index contributed by atoms with van der Waals surface area (Å²) < 4.78 is 26.9. The van der Waals surface area contributed by atoms with Crippen LogP contribution in [0.1, 0.15) is 41.5 Å². The van der Waals surface area contributed by atoms with Crippen LogP contribution in [0, 0.1) is 11.2 Å². The Hall–Kier alpha value is -4.94. The van der Waals surface area contributed by atoms with Gasteiger partial charge in [-0.25, -0.2) is 9.18 Å². The van der Waals surface area contributed by atoms with Gasteiger partial charge in [0.05, 0.1) is 19.2 Å². The van der Waals surface area contributed by atoms with Gasteiger partial charge in [0.15, 0.2) is 0 Å². The topological polar surface area (TPSA) is 136 Å². The highest BCUT2D eigenvalue weighted by Crippen LogP contribution is 2.41. The van der Waals surface area contributed by atoms with Crippen molar-refractivity contribution in [2.45, 2.75) is 44.9 Å². The maximum absolute atomic E-state index is 15.6. The molecule has 0 radical (unpaired) electrons. The van der Waals surface area contributed by atoms with Crippen LogP contribution in [0.2, 0.25) is 10.0 Å². The van der Waals surface area contributed by atoms with Crippen LogP contribution in [-0.2, 0) is 29.2 Å². The van der Waals surface area contributed by atoms with E-state index in [1.807, 2.05) is 60.5 Å². The number of carbonyl (C=O) groups is 2. The average Bonchev–Trinajstić information content (AvgIpc) is 3.58. The van der Waals surface area contributed by atoms with Crippen LogP contribution in [0.15, 0.2) is 72.8 Å². The van der Waals surface area contributed by atoms with E-state index in [2.05, 4.69) is 22.5 Å². The van der Waals surface area contributed by atoms with E-state index < -0.39 is 11.8 Å². The summed E-state index contributed by atoms with van der Waals surface area (Å²) in [5.74, 6) is -0.414. The lowest BCUT2D eigenvalue weighted by molar-refractivity contribution is -0.132. The highest BCUT2D eigenvalue weighted by atomic mass is 35.5. The van der Waals surface area contributed by atoms with E-state index in [4.69, 9.17) is 43.2 Å². The number of ether oxygens (including phenoxy) is 2. The van der Waals surface area contributed by atoms with E-state index in [0.29, 0.717) is 99.6 Å². The predicted molar refractivity (Wildman–Crippen MR) is 213 cm³/mol. The molecule has 1 aliphatic rings. The zero-order valence-corrected chi connectivity index (χ0v) is 32.0. The van der Waals surface area contributed by atoms with Crippen LogP contribution >= 0.6 is 23.2 Å². The number of nitrogens with zero attached hydrogens (tertiary/aromatic N) is 1. The van der Waals surface area contributed by atoms with Crippen LogP contribution in [0.5, 0.6) is 11.5 Å². The molecular formula is C41H44Cl2FN5O5. The summed E-state index contributed by atoms with van der Waals surface area (Å²) in [6.45, 7) is 5.67. The normalized spacial score (nSPS) is 13.8. The first-order valence-electron chi connectivity index (χ1n) is 17.4. The number of hydrogen-bond acceptors (Lipinski definition) is 8. The lowest BCUT2D eigenvalue weighted by Crippen LogP contribution is -2.35. The molecule has 284 valence electrons. The molecule has 13 heteroatoms. The molecule has 1 fully saturated rings. The molecule has 5 N–H and O–H groups in total. The van der Waals surface area contributed by atoms with Crippen molar-refractivity contribution >= 4 is 47.0 Å². The van der Waals surface area contributed by atoms with Gasteiger partial charge in [-0.2, -0.15) is 0 Å². The van der Waals surface area contributed by atoms with Crippen molar-refractivity contribution in [3.05, 3.63) is 111 Å². The van der Waals surface area contributed by atoms with Crippen LogP contribution < -0.4 is 25.4 Å². The molecule has 4 aromatic rings. The monoisotopic (exact) mass is 775 g/mol. The second-order valence-electron chi connectivity index (χ2n) is 13.2. The third kappa shape index (κ3) is 9.58. The van der Waals surface area contributed by atoms with Crippen molar-refractivity contribution in [2.75, 3.05) is 39.7 Å². The fourth-order valence-corrected chi connectivity index (χ4v) is 7.06. The van der Waals surface area contributed by atoms with Crippen molar-refractivity contribution in [2.24, 2.45) is 0 Å². The first-order valence-corrected chi connectivity index (χ1v) is 18.2. The molecule has 0 aliphatic carbocycles. The van der Waals surface area contributed by atoms with Crippen LogP contribution in [0.25, 0.3) is 22.3 Å². The Labute approximate surface area is 324 Å². The second kappa shape index (κ2) is 18.4. The number of rotatable bonds is 18. The molecule has 1 aliphatic heterocycles. The van der Waals surface area contributed by atoms with Gasteiger partial charge >= 0.3 is 5.97 Å². The molecule has 0 aromatic heterocycles. The van der Waals surface area contributed by atoms with E-state index in [0.717, 1.165) is 17.5 Å². The Balaban J connectivity index is 1.34. The third-order valence-corrected chi connectivity index (χ3v) is 10.2. The van der Waals surface area contributed by atoms with E-state index >= 15 is 4.39 Å². The lowest BCUT2D eigenvalue weighted by atomic mass is 9.94. The summed E-state index contributed by atoms with van der Waals surface area (Å²) in [6, 6.07) is 18.1. The fourth-order valence-electron chi connectivity index (χ4n) is 6.47. The Bertz CT molecular complexity index is 2060. The second-order valence-corrected chi connectivity index (χ2v) is 13.9. The molecule has 0 saturated carbocycles. The molecular weight excluding hydrogens is 732 g/mol. The summed E-state index contributed by atoms with van der Waals surface area (Å²) in [5, 5.41) is 27.9. The zero-order chi connectivity index (χ0) is 38.9. The molecule has 1 heterocycles. The van der Waals surface area contributed by atoms with Crippen molar-refractivity contribution in [3.8, 4) is 33.8 Å². The van der Waals surface area contributed by atoms with Gasteiger partial charge in [0.1, 0.15) is 17.3 Å². The Kier molecular flexibility index (Phi) is 13.7. The van der Waals surface area contributed by atoms with Gasteiger partial charge in [0.25, 0.3) is 0 Å². The molecule has 0 bridgehead atoms. The van der Waals surface area contributed by atoms with Gasteiger partial charge in [-0.05, 0) is 66.9 Å². The number of methoxy groups -OCH3 is 2. The minimum atomic E-state index is -1.01. The predicted octanol–water partition coefficient (Wildman–Crippen LogP) is 7.92. The van der Waals surface area contributed by atoms with E-state index in [-0.39, 0.29) is 24.1 Å². The minimum absolute atomic E-state index is 0.0181. The van der Waals surface area contributed by atoms with Gasteiger partial charge in [-0.1, -0.05) is 60.1 Å². The van der Waals surface area contributed by atoms with Gasteiger partial charge < -0.3 is 40.8 Å². The van der Waals surface area contributed by atoms with Crippen LogP contribution in [0.4, 0.5) is 10.1 Å². The molecule has 54 heavy (non-hydrogen) atoms. The van der Waals surface area contributed by atoms with Crippen molar-refractivity contribution in [1.82, 2.24) is 15.5 Å². The lowest BCUT2D eigenvalue weighted by Gasteiger charge is -2.20. The number of nitrogens with one attached hydrogen (secondary N) is 4. The number of amides is 1. The SMILES string of the molecule is C=C(CCN(C)Cc1cc(Cl)c(CNc2cccc(-c3cccc(-c4cc(F)c(CNCC5CCC(=O)N5)c(OC)c4)c3Cl)c2C=N)cc1OC)C(=O)O. The first-order chi connectivity index (χ1) is 25.9. The molecule has 1 saturated heterocycles. The van der Waals surface area contributed by atoms with Crippen molar-refractivity contribution < 1.29 is 28.6 Å². The van der Waals surface area contributed by atoms with Crippen LogP contribution in [-0.4, -0.2) is 68.5 Å². The van der Waals surface area contributed by atoms with E-state index in [9.17, 15) is 9.59 Å². The van der Waals surface area contributed by atoms with Gasteiger partial charge in [0, 0.05) is 95.5 Å². The van der Waals surface area contributed by atoms with Gasteiger partial charge in [-0.15, -0.1) is 0 Å². The van der Waals surface area contributed by atoms with Gasteiger partial charge in [-0.3, -0.25) is 4.79 Å². The number of carbonyl (C=O) groups excluding carboxylic acids is 1. The zero-order valence-electron chi connectivity index (χ0n) is 30.5. The fraction of sp³-hybridized carbons (Fsp3) is 0.293. The first kappa shape index (κ1) is 40.2. The highest BCUT2D eigenvalue weighted by Gasteiger charge is 2.22. The van der Waals surface area contributed by atoms with Crippen molar-refractivity contribution in [3.63, 3.8) is 0 Å². The molecule has 5 rings (SSSR count). The van der Waals surface area contributed by atoms with Crippen molar-refractivity contribution in [1.29, 1.82) is 5.41 Å². The summed E-state index contributed by atoms with van der Waals surface area (Å²) in [5.41, 5.74) is 5.96. The maximum Gasteiger partial charge on any atom is 0.331 e. The third-order valence-electron chi connectivity index (χ3n) is 9.46. The molecule has 4 aromatic carbocycles. The van der Waals surface area contributed by atoms with Gasteiger partial charge in [0.2, 0.25) is 5.91 Å². The number of carboxylic acids is 1. The Morgan fingerprint density at radius 3 is 2.46 bits per heavy atom. The smallest absolute Gasteiger partial charge is 0.331 e. The number of carboxylic acid groups (broad SMARTS) is 1. The molecule has 10 nitrogen and oxygen atoms in total. The quantitative estimate of drug-likeness (QED) is 0.0508. The highest BCUT2D eigenvalue weighted by molar-refractivity contribution is 6.36. The molecule has 1 atom stereocenters. The van der Waals surface area contributed by atoms with E-state index in [1.54, 1.807) is 13.2 Å². The summed E-state index contributed by atoms with van der Waals surface area (Å²) in [6.07, 6.45) is 2.84. The summed E-state index contributed by atoms with van der Waals surface area (Å²) >= 11 is 13.8. The largest absolute Gasteiger partial charge is 0.496 e. The van der Waals surface area contributed by atoms with E-state index in [1.165, 1.54) is 19.4 Å².